The van der Waals surface area contributed by atoms with Gasteiger partial charge in [0.05, 0.1) is 24.8 Å². The van der Waals surface area contributed by atoms with Crippen LogP contribution in [0.1, 0.15) is 5.56 Å². The van der Waals surface area contributed by atoms with Gasteiger partial charge < -0.3 is 9.47 Å². The Morgan fingerprint density at radius 2 is 2.25 bits per heavy atom. The molecular weight excluding hydrogens is 276 g/mol. The minimum Gasteiger partial charge on any atom is -0.495 e. The zero-order chi connectivity index (χ0) is 14.1. The number of rotatable bonds is 3. The second-order valence-electron chi connectivity index (χ2n) is 5.62. The number of likely N-dealkylation sites (N-methyl/N-ethyl adjacent to an activating group) is 1. The number of fused-ring (bicyclic) bond motifs is 1. The van der Waals surface area contributed by atoms with Gasteiger partial charge >= 0.3 is 0 Å². The SMILES string of the molecule is COc1ccc(CN2C[C@H]3OCCN(C)[C@H]3C2)cc1Cl. The molecular formula is C15H21ClN2O2. The van der Waals surface area contributed by atoms with E-state index in [4.69, 9.17) is 21.1 Å². The molecule has 2 atom stereocenters. The summed E-state index contributed by atoms with van der Waals surface area (Å²) in [6.45, 7) is 4.85. The lowest BCUT2D eigenvalue weighted by Gasteiger charge is -2.33. The smallest absolute Gasteiger partial charge is 0.137 e. The number of likely N-dealkylation sites (tertiary alicyclic amines) is 1. The summed E-state index contributed by atoms with van der Waals surface area (Å²) < 4.78 is 11.1. The molecule has 2 saturated heterocycles. The van der Waals surface area contributed by atoms with Gasteiger partial charge in [0.2, 0.25) is 0 Å². The number of ether oxygens (including phenoxy) is 2. The summed E-state index contributed by atoms with van der Waals surface area (Å²) in [6, 6.07) is 6.53. The van der Waals surface area contributed by atoms with Crippen LogP contribution in [-0.4, -0.2) is 62.3 Å². The first-order chi connectivity index (χ1) is 9.67. The zero-order valence-electron chi connectivity index (χ0n) is 12.0. The van der Waals surface area contributed by atoms with Gasteiger partial charge in [0.15, 0.2) is 0 Å². The molecule has 1 aromatic rings. The molecule has 0 N–H and O–H groups in total. The normalized spacial score (nSPS) is 27.6. The average molecular weight is 297 g/mol. The first-order valence-electron chi connectivity index (χ1n) is 7.04. The fourth-order valence-electron chi connectivity index (χ4n) is 3.13. The maximum absolute atomic E-state index is 6.18. The van der Waals surface area contributed by atoms with Crippen molar-refractivity contribution in [3.63, 3.8) is 0 Å². The third-order valence-corrected chi connectivity index (χ3v) is 4.57. The van der Waals surface area contributed by atoms with Crippen LogP contribution in [0.4, 0.5) is 0 Å². The Labute approximate surface area is 125 Å². The number of hydrogen-bond donors (Lipinski definition) is 0. The fourth-order valence-corrected chi connectivity index (χ4v) is 3.41. The Morgan fingerprint density at radius 1 is 1.40 bits per heavy atom. The van der Waals surface area contributed by atoms with Crippen molar-refractivity contribution in [1.82, 2.24) is 9.80 Å². The van der Waals surface area contributed by atoms with Gasteiger partial charge in [0.25, 0.3) is 0 Å². The molecule has 110 valence electrons. The number of nitrogens with zero attached hydrogens (tertiary/aromatic N) is 2. The van der Waals surface area contributed by atoms with E-state index >= 15 is 0 Å². The van der Waals surface area contributed by atoms with Crippen LogP contribution >= 0.6 is 11.6 Å². The van der Waals surface area contributed by atoms with Crippen LogP contribution in [-0.2, 0) is 11.3 Å². The molecule has 0 aliphatic carbocycles. The van der Waals surface area contributed by atoms with Crippen molar-refractivity contribution in [3.05, 3.63) is 28.8 Å². The molecule has 0 amide bonds. The minimum atomic E-state index is 0.350. The van der Waals surface area contributed by atoms with Crippen molar-refractivity contribution >= 4 is 11.6 Å². The molecule has 2 heterocycles. The lowest BCUT2D eigenvalue weighted by atomic mass is 10.1. The number of benzene rings is 1. The van der Waals surface area contributed by atoms with E-state index in [9.17, 15) is 0 Å². The second kappa shape index (κ2) is 5.90. The van der Waals surface area contributed by atoms with Crippen LogP contribution in [0.25, 0.3) is 0 Å². The summed E-state index contributed by atoms with van der Waals surface area (Å²) in [6.07, 6.45) is 0.350. The highest BCUT2D eigenvalue weighted by atomic mass is 35.5. The highest BCUT2D eigenvalue weighted by Crippen LogP contribution is 2.27. The van der Waals surface area contributed by atoms with Gasteiger partial charge in [0, 0.05) is 32.2 Å². The molecule has 3 rings (SSSR count). The number of halogens is 1. The van der Waals surface area contributed by atoms with Gasteiger partial charge in [-0.25, -0.2) is 0 Å². The van der Waals surface area contributed by atoms with Gasteiger partial charge in [-0.15, -0.1) is 0 Å². The number of morpholine rings is 1. The lowest BCUT2D eigenvalue weighted by molar-refractivity contribution is -0.0370. The lowest BCUT2D eigenvalue weighted by Crippen LogP contribution is -2.48. The molecule has 0 spiro atoms. The molecule has 0 aromatic heterocycles. The third-order valence-electron chi connectivity index (χ3n) is 4.28. The van der Waals surface area contributed by atoms with Crippen LogP contribution in [0.15, 0.2) is 18.2 Å². The molecule has 0 unspecified atom stereocenters. The van der Waals surface area contributed by atoms with Crippen molar-refractivity contribution < 1.29 is 9.47 Å². The standard InChI is InChI=1S/C15H21ClN2O2/c1-17-5-6-20-15-10-18(9-13(15)17)8-11-3-4-14(19-2)12(16)7-11/h3-4,7,13,15H,5-6,8-10H2,1-2H3/t13-,15+/m0/s1. The van der Waals surface area contributed by atoms with Crippen molar-refractivity contribution in [2.45, 2.75) is 18.7 Å². The first-order valence-corrected chi connectivity index (χ1v) is 7.42. The molecule has 4 nitrogen and oxygen atoms in total. The maximum Gasteiger partial charge on any atom is 0.137 e. The van der Waals surface area contributed by atoms with E-state index in [0.717, 1.165) is 38.5 Å². The summed E-state index contributed by atoms with van der Waals surface area (Å²) in [5.74, 6) is 0.730. The Kier molecular flexibility index (Phi) is 4.17. The number of methoxy groups -OCH3 is 1. The molecule has 2 fully saturated rings. The van der Waals surface area contributed by atoms with Crippen LogP contribution in [0.2, 0.25) is 5.02 Å². The summed E-state index contributed by atoms with van der Waals surface area (Å²) >= 11 is 6.18. The molecule has 0 radical (unpaired) electrons. The van der Waals surface area contributed by atoms with Crippen LogP contribution in [0.3, 0.4) is 0 Å². The van der Waals surface area contributed by atoms with Gasteiger partial charge in [0.1, 0.15) is 5.75 Å². The van der Waals surface area contributed by atoms with Crippen molar-refractivity contribution in [1.29, 1.82) is 0 Å². The molecule has 5 heteroatoms. The van der Waals surface area contributed by atoms with E-state index in [1.807, 2.05) is 12.1 Å². The zero-order valence-corrected chi connectivity index (χ0v) is 12.8. The highest BCUT2D eigenvalue weighted by Gasteiger charge is 2.38. The predicted octanol–water partition coefficient (Wildman–Crippen LogP) is 1.86. The van der Waals surface area contributed by atoms with E-state index in [0.29, 0.717) is 17.2 Å². The summed E-state index contributed by atoms with van der Waals surface area (Å²) in [5, 5.41) is 0.676. The molecule has 0 saturated carbocycles. The summed E-state index contributed by atoms with van der Waals surface area (Å²) in [7, 11) is 3.83. The Hall–Kier alpha value is -0.810. The second-order valence-corrected chi connectivity index (χ2v) is 6.03. The topological polar surface area (TPSA) is 24.9 Å². The average Bonchev–Trinajstić information content (AvgIpc) is 2.83. The van der Waals surface area contributed by atoms with E-state index in [-0.39, 0.29) is 0 Å². The van der Waals surface area contributed by atoms with E-state index < -0.39 is 0 Å². The van der Waals surface area contributed by atoms with E-state index in [1.54, 1.807) is 7.11 Å². The van der Waals surface area contributed by atoms with Crippen molar-refractivity contribution in [2.24, 2.45) is 0 Å². The largest absolute Gasteiger partial charge is 0.495 e. The Morgan fingerprint density at radius 3 is 2.95 bits per heavy atom. The highest BCUT2D eigenvalue weighted by molar-refractivity contribution is 6.32. The molecule has 20 heavy (non-hydrogen) atoms. The van der Waals surface area contributed by atoms with Gasteiger partial charge in [-0.05, 0) is 24.7 Å². The van der Waals surface area contributed by atoms with Gasteiger partial charge in [-0.1, -0.05) is 17.7 Å². The van der Waals surface area contributed by atoms with E-state index in [2.05, 4.69) is 22.9 Å². The maximum atomic E-state index is 6.18. The summed E-state index contributed by atoms with van der Waals surface area (Å²) in [4.78, 5) is 4.85. The quantitative estimate of drug-likeness (QED) is 0.850. The van der Waals surface area contributed by atoms with Crippen LogP contribution in [0.5, 0.6) is 5.75 Å². The first kappa shape index (κ1) is 14.1. The Balaban J connectivity index is 1.65. The predicted molar refractivity (Wildman–Crippen MR) is 79.4 cm³/mol. The molecule has 2 aliphatic rings. The van der Waals surface area contributed by atoms with Gasteiger partial charge in [-0.3, -0.25) is 9.80 Å². The van der Waals surface area contributed by atoms with E-state index in [1.165, 1.54) is 5.56 Å². The molecule has 1 aromatic carbocycles. The van der Waals surface area contributed by atoms with Crippen molar-refractivity contribution in [3.8, 4) is 5.75 Å². The van der Waals surface area contributed by atoms with Crippen LogP contribution in [0, 0.1) is 0 Å². The molecule has 2 aliphatic heterocycles. The summed E-state index contributed by atoms with van der Waals surface area (Å²) in [5.41, 5.74) is 1.22. The number of hydrogen-bond acceptors (Lipinski definition) is 4. The van der Waals surface area contributed by atoms with Gasteiger partial charge in [-0.2, -0.15) is 0 Å². The van der Waals surface area contributed by atoms with Crippen LogP contribution < -0.4 is 4.74 Å². The monoisotopic (exact) mass is 296 g/mol. The Bertz CT molecular complexity index is 483. The molecule has 0 bridgehead atoms. The third kappa shape index (κ3) is 2.79. The van der Waals surface area contributed by atoms with Crippen molar-refractivity contribution in [2.75, 3.05) is 40.4 Å². The fraction of sp³-hybridized carbons (Fsp3) is 0.600. The minimum absolute atomic E-state index is 0.350.